The number of aliphatic hydroxyl groups is 2. The van der Waals surface area contributed by atoms with Crippen molar-refractivity contribution in [3.05, 3.63) is 34.9 Å². The quantitative estimate of drug-likeness (QED) is 0.674. The van der Waals surface area contributed by atoms with E-state index >= 15 is 0 Å². The van der Waals surface area contributed by atoms with Crippen LogP contribution in [0.2, 0.25) is 0 Å². The van der Waals surface area contributed by atoms with Crippen LogP contribution in [0.5, 0.6) is 0 Å². The van der Waals surface area contributed by atoms with Crippen LogP contribution in [0.4, 0.5) is 0 Å². The first-order chi connectivity index (χ1) is 7.10. The van der Waals surface area contributed by atoms with Crippen molar-refractivity contribution in [1.29, 1.82) is 5.26 Å². The number of nitrogens with zero attached hydrogens (tertiary/aromatic N) is 1. The summed E-state index contributed by atoms with van der Waals surface area (Å²) in [5, 5.41) is 28.0. The van der Waals surface area contributed by atoms with Crippen LogP contribution >= 0.6 is 12.6 Å². The van der Waals surface area contributed by atoms with Gasteiger partial charge in [-0.1, -0.05) is 6.07 Å². The second-order valence-corrected chi connectivity index (χ2v) is 3.74. The summed E-state index contributed by atoms with van der Waals surface area (Å²) in [6.07, 6.45) is -1.91. The van der Waals surface area contributed by atoms with E-state index in [1.165, 1.54) is 0 Å². The summed E-state index contributed by atoms with van der Waals surface area (Å²) in [5.41, 5.74) is 1.90. The minimum absolute atomic E-state index is 0.178. The first-order valence-electron chi connectivity index (χ1n) is 4.57. The van der Waals surface area contributed by atoms with Crippen molar-refractivity contribution in [3.63, 3.8) is 0 Å². The van der Waals surface area contributed by atoms with Gasteiger partial charge in [0.2, 0.25) is 0 Å². The van der Waals surface area contributed by atoms with Crippen LogP contribution in [0.1, 0.15) is 22.8 Å². The highest BCUT2D eigenvalue weighted by molar-refractivity contribution is 7.80. The van der Waals surface area contributed by atoms with Gasteiger partial charge in [-0.3, -0.25) is 0 Å². The zero-order valence-electron chi connectivity index (χ0n) is 8.38. The summed E-state index contributed by atoms with van der Waals surface area (Å²) < 4.78 is 0. The van der Waals surface area contributed by atoms with Crippen LogP contribution < -0.4 is 0 Å². The monoisotopic (exact) mass is 223 g/mol. The van der Waals surface area contributed by atoms with Crippen molar-refractivity contribution in [2.75, 3.05) is 5.75 Å². The van der Waals surface area contributed by atoms with Crippen molar-refractivity contribution >= 4 is 12.6 Å². The number of hydrogen-bond acceptors (Lipinski definition) is 4. The first kappa shape index (κ1) is 12.1. The zero-order valence-corrected chi connectivity index (χ0v) is 9.28. The maximum Gasteiger partial charge on any atom is 0.106 e. The normalized spacial score (nSPS) is 14.3. The standard InChI is InChI=1S/C11H13NO2S/c1-7-2-3-8(5-12)4-9(7)11(14)10(13)6-15/h2-4,10-11,13-15H,6H2,1H3. The summed E-state index contributed by atoms with van der Waals surface area (Å²) in [5.74, 6) is 0.178. The van der Waals surface area contributed by atoms with Gasteiger partial charge < -0.3 is 10.2 Å². The lowest BCUT2D eigenvalue weighted by Crippen LogP contribution is -2.20. The summed E-state index contributed by atoms with van der Waals surface area (Å²) in [6, 6.07) is 7.02. The molecule has 80 valence electrons. The molecule has 15 heavy (non-hydrogen) atoms. The molecule has 0 spiro atoms. The van der Waals surface area contributed by atoms with Gasteiger partial charge in [-0.25, -0.2) is 0 Å². The highest BCUT2D eigenvalue weighted by Crippen LogP contribution is 2.22. The number of aliphatic hydroxyl groups excluding tert-OH is 2. The molecular formula is C11H13NO2S. The third-order valence-electron chi connectivity index (χ3n) is 2.28. The Bertz CT molecular complexity index is 387. The Morgan fingerprint density at radius 2 is 2.13 bits per heavy atom. The fourth-order valence-electron chi connectivity index (χ4n) is 1.34. The Morgan fingerprint density at radius 1 is 1.47 bits per heavy atom. The number of rotatable bonds is 3. The molecule has 0 fully saturated rings. The van der Waals surface area contributed by atoms with E-state index in [2.05, 4.69) is 12.6 Å². The van der Waals surface area contributed by atoms with Crippen molar-refractivity contribution in [3.8, 4) is 6.07 Å². The zero-order chi connectivity index (χ0) is 11.4. The van der Waals surface area contributed by atoms with E-state index in [4.69, 9.17) is 5.26 Å². The van der Waals surface area contributed by atoms with Gasteiger partial charge in [0, 0.05) is 5.75 Å². The van der Waals surface area contributed by atoms with Crippen LogP contribution in [0.25, 0.3) is 0 Å². The van der Waals surface area contributed by atoms with E-state index in [9.17, 15) is 10.2 Å². The van der Waals surface area contributed by atoms with E-state index in [1.54, 1.807) is 18.2 Å². The SMILES string of the molecule is Cc1ccc(C#N)cc1C(O)C(O)CS. The fourth-order valence-corrected chi connectivity index (χ4v) is 1.54. The van der Waals surface area contributed by atoms with Gasteiger partial charge in [-0.2, -0.15) is 17.9 Å². The van der Waals surface area contributed by atoms with Gasteiger partial charge in [-0.15, -0.1) is 0 Å². The van der Waals surface area contributed by atoms with Crippen LogP contribution in [0.15, 0.2) is 18.2 Å². The number of benzene rings is 1. The summed E-state index contributed by atoms with van der Waals surface area (Å²) in [4.78, 5) is 0. The molecule has 3 nitrogen and oxygen atoms in total. The number of nitriles is 1. The van der Waals surface area contributed by atoms with Gasteiger partial charge in [0.1, 0.15) is 6.10 Å². The number of aryl methyl sites for hydroxylation is 1. The Morgan fingerprint density at radius 3 is 2.67 bits per heavy atom. The van der Waals surface area contributed by atoms with Crippen LogP contribution in [0.3, 0.4) is 0 Å². The molecule has 1 aromatic rings. The van der Waals surface area contributed by atoms with Crippen LogP contribution in [-0.2, 0) is 0 Å². The smallest absolute Gasteiger partial charge is 0.106 e. The number of hydrogen-bond donors (Lipinski definition) is 3. The molecule has 4 heteroatoms. The molecule has 0 aliphatic rings. The van der Waals surface area contributed by atoms with Gasteiger partial charge in [-0.05, 0) is 30.2 Å². The van der Waals surface area contributed by atoms with E-state index in [-0.39, 0.29) is 5.75 Å². The topological polar surface area (TPSA) is 64.2 Å². The molecule has 0 saturated carbocycles. The molecule has 0 saturated heterocycles. The van der Waals surface area contributed by atoms with Crippen LogP contribution in [-0.4, -0.2) is 22.1 Å². The number of thiol groups is 1. The molecule has 1 rings (SSSR count). The fraction of sp³-hybridized carbons (Fsp3) is 0.364. The van der Waals surface area contributed by atoms with E-state index in [0.29, 0.717) is 11.1 Å². The second kappa shape index (κ2) is 5.17. The highest BCUT2D eigenvalue weighted by Gasteiger charge is 2.18. The molecule has 0 aromatic heterocycles. The minimum Gasteiger partial charge on any atom is -0.389 e. The summed E-state index contributed by atoms with van der Waals surface area (Å²) >= 11 is 3.91. The Balaban J connectivity index is 3.07. The predicted octanol–water partition coefficient (Wildman–Crippen LogP) is 1.19. The lowest BCUT2D eigenvalue weighted by Gasteiger charge is -2.18. The minimum atomic E-state index is -0.990. The molecule has 1 aromatic carbocycles. The van der Waals surface area contributed by atoms with Crippen molar-refractivity contribution < 1.29 is 10.2 Å². The van der Waals surface area contributed by atoms with E-state index < -0.39 is 12.2 Å². The highest BCUT2D eigenvalue weighted by atomic mass is 32.1. The Kier molecular flexibility index (Phi) is 4.15. The van der Waals surface area contributed by atoms with Gasteiger partial charge >= 0.3 is 0 Å². The molecule has 0 heterocycles. The summed E-state index contributed by atoms with van der Waals surface area (Å²) in [6.45, 7) is 1.82. The van der Waals surface area contributed by atoms with Gasteiger partial charge in [0.25, 0.3) is 0 Å². The first-order valence-corrected chi connectivity index (χ1v) is 5.21. The molecule has 2 atom stereocenters. The third-order valence-corrected chi connectivity index (χ3v) is 2.65. The Labute approximate surface area is 94.4 Å². The molecule has 0 aliphatic carbocycles. The molecule has 2 N–H and O–H groups in total. The molecule has 0 amide bonds. The molecular weight excluding hydrogens is 210 g/mol. The lowest BCUT2D eigenvalue weighted by molar-refractivity contribution is 0.0333. The average Bonchev–Trinajstić information content (AvgIpc) is 2.27. The predicted molar refractivity (Wildman–Crippen MR) is 60.7 cm³/mol. The molecule has 0 bridgehead atoms. The average molecular weight is 223 g/mol. The van der Waals surface area contributed by atoms with E-state index in [1.807, 2.05) is 13.0 Å². The second-order valence-electron chi connectivity index (χ2n) is 3.38. The van der Waals surface area contributed by atoms with Crippen LogP contribution in [0, 0.1) is 18.3 Å². The van der Waals surface area contributed by atoms with Crippen molar-refractivity contribution in [1.82, 2.24) is 0 Å². The maximum absolute atomic E-state index is 9.78. The van der Waals surface area contributed by atoms with Crippen molar-refractivity contribution in [2.24, 2.45) is 0 Å². The van der Waals surface area contributed by atoms with Gasteiger partial charge in [0.05, 0.1) is 17.7 Å². The largest absolute Gasteiger partial charge is 0.389 e. The summed E-state index contributed by atoms with van der Waals surface area (Å²) in [7, 11) is 0. The molecule has 0 radical (unpaired) electrons. The molecule has 0 aliphatic heterocycles. The third kappa shape index (κ3) is 2.72. The Hall–Kier alpha value is -1.02. The molecule has 2 unspecified atom stereocenters. The van der Waals surface area contributed by atoms with E-state index in [0.717, 1.165) is 5.56 Å². The van der Waals surface area contributed by atoms with Crippen molar-refractivity contribution in [2.45, 2.75) is 19.1 Å². The lowest BCUT2D eigenvalue weighted by atomic mass is 9.98. The maximum atomic E-state index is 9.78. The van der Waals surface area contributed by atoms with Gasteiger partial charge in [0.15, 0.2) is 0 Å².